The van der Waals surface area contributed by atoms with Crippen molar-refractivity contribution >= 4 is 34.3 Å². The minimum absolute atomic E-state index is 0.0126. The molecule has 4 nitrogen and oxygen atoms in total. The lowest BCUT2D eigenvalue weighted by Gasteiger charge is -2.11. The number of ketones is 1. The van der Waals surface area contributed by atoms with Crippen LogP contribution in [0.15, 0.2) is 40.3 Å². The van der Waals surface area contributed by atoms with Crippen LogP contribution in [-0.4, -0.2) is 34.5 Å². The molecule has 1 aromatic carbocycles. The normalized spacial score (nSPS) is 15.5. The zero-order valence-corrected chi connectivity index (χ0v) is 11.4. The molecule has 1 aliphatic heterocycles. The number of alkyl halides is 3. The van der Waals surface area contributed by atoms with Crippen LogP contribution in [0, 0.1) is 0 Å². The Balaban J connectivity index is 2.11. The number of amides is 1. The van der Waals surface area contributed by atoms with Gasteiger partial charge < -0.3 is 0 Å². The molecule has 0 bridgehead atoms. The highest BCUT2D eigenvalue weighted by atomic mass is 32.2. The van der Waals surface area contributed by atoms with Gasteiger partial charge in [0.15, 0.2) is 5.17 Å². The highest BCUT2D eigenvalue weighted by Gasteiger charge is 2.38. The Bertz CT molecular complexity index is 624. The molecule has 1 aliphatic rings. The van der Waals surface area contributed by atoms with Crippen LogP contribution in [0.5, 0.6) is 0 Å². The highest BCUT2D eigenvalue weighted by molar-refractivity contribution is 8.14. The van der Waals surface area contributed by atoms with Crippen molar-refractivity contribution in [1.82, 2.24) is 0 Å². The Hall–Kier alpha value is -1.96. The predicted octanol–water partition coefficient (Wildman–Crippen LogP) is 2.63. The fraction of sp³-hybridized carbons (Fsp3) is 0.231. The first-order valence-electron chi connectivity index (χ1n) is 5.83. The first kappa shape index (κ1) is 15.4. The second-order valence-electron chi connectivity index (χ2n) is 4.10. The van der Waals surface area contributed by atoms with Gasteiger partial charge in [-0.2, -0.15) is 18.2 Å². The van der Waals surface area contributed by atoms with E-state index in [-0.39, 0.29) is 11.6 Å². The number of Topliss-reactive ketones (excluding diaryl/α,β-unsaturated/α-hetero) is 1. The van der Waals surface area contributed by atoms with Gasteiger partial charge in [0, 0.05) is 0 Å². The van der Waals surface area contributed by atoms with Gasteiger partial charge in [-0.1, -0.05) is 42.1 Å². The van der Waals surface area contributed by atoms with Gasteiger partial charge in [0.2, 0.25) is 5.78 Å². The monoisotopic (exact) mass is 314 g/mol. The van der Waals surface area contributed by atoms with E-state index in [1.807, 2.05) is 0 Å². The molecule has 0 atom stereocenters. The van der Waals surface area contributed by atoms with Crippen LogP contribution in [0.1, 0.15) is 12.0 Å². The van der Waals surface area contributed by atoms with E-state index >= 15 is 0 Å². The van der Waals surface area contributed by atoms with Crippen LogP contribution in [0.4, 0.5) is 13.2 Å². The molecule has 0 radical (unpaired) electrons. The standard InChI is InChI=1S/C13H9F3N2O2S/c14-13(15,16)10(19)7-21-12-17-9(6-11(20)18-12)8-4-2-1-3-5-8/h1-5H,6-7H2. The molecule has 1 heterocycles. The topological polar surface area (TPSA) is 58.9 Å². The van der Waals surface area contributed by atoms with Crippen molar-refractivity contribution in [2.75, 3.05) is 5.75 Å². The number of carbonyl (C=O) groups excluding carboxylic acids is 2. The summed E-state index contributed by atoms with van der Waals surface area (Å²) in [5.41, 5.74) is 1.12. The van der Waals surface area contributed by atoms with Crippen LogP contribution >= 0.6 is 11.8 Å². The molecule has 0 fully saturated rings. The molecule has 0 aliphatic carbocycles. The van der Waals surface area contributed by atoms with Crippen LogP contribution in [-0.2, 0) is 9.59 Å². The largest absolute Gasteiger partial charge is 0.450 e. The van der Waals surface area contributed by atoms with Crippen molar-refractivity contribution in [1.29, 1.82) is 0 Å². The van der Waals surface area contributed by atoms with Gasteiger partial charge in [0.05, 0.1) is 17.9 Å². The molecule has 1 aromatic rings. The summed E-state index contributed by atoms with van der Waals surface area (Å²) >= 11 is 0.507. The summed E-state index contributed by atoms with van der Waals surface area (Å²) in [7, 11) is 0. The molecule has 0 saturated carbocycles. The van der Waals surface area contributed by atoms with E-state index in [4.69, 9.17) is 0 Å². The third-order valence-corrected chi connectivity index (χ3v) is 3.37. The number of halogens is 3. The molecule has 0 saturated heterocycles. The number of nitrogens with zero attached hydrogens (tertiary/aromatic N) is 2. The number of thioether (sulfide) groups is 1. The van der Waals surface area contributed by atoms with Crippen LogP contribution in [0.25, 0.3) is 0 Å². The maximum atomic E-state index is 12.1. The number of amidine groups is 1. The Morgan fingerprint density at radius 1 is 1.19 bits per heavy atom. The van der Waals surface area contributed by atoms with Gasteiger partial charge in [-0.25, -0.2) is 4.99 Å². The van der Waals surface area contributed by atoms with Crippen molar-refractivity contribution in [3.05, 3.63) is 35.9 Å². The van der Waals surface area contributed by atoms with Gasteiger partial charge in [-0.3, -0.25) is 9.59 Å². The number of hydrogen-bond donors (Lipinski definition) is 0. The average molecular weight is 314 g/mol. The Labute approximate surface area is 122 Å². The molecule has 0 unspecified atom stereocenters. The maximum Gasteiger partial charge on any atom is 0.450 e. The van der Waals surface area contributed by atoms with Crippen LogP contribution < -0.4 is 0 Å². The zero-order valence-electron chi connectivity index (χ0n) is 10.6. The van der Waals surface area contributed by atoms with E-state index in [0.717, 1.165) is 0 Å². The van der Waals surface area contributed by atoms with E-state index in [1.165, 1.54) is 0 Å². The fourth-order valence-electron chi connectivity index (χ4n) is 1.54. The average Bonchev–Trinajstić information content (AvgIpc) is 2.44. The molecule has 8 heteroatoms. The molecular formula is C13H9F3N2O2S. The first-order valence-corrected chi connectivity index (χ1v) is 6.82. The number of benzene rings is 1. The summed E-state index contributed by atoms with van der Waals surface area (Å²) in [6.07, 6.45) is -4.90. The highest BCUT2D eigenvalue weighted by Crippen LogP contribution is 2.21. The van der Waals surface area contributed by atoms with Gasteiger partial charge in [0.25, 0.3) is 5.91 Å². The van der Waals surface area contributed by atoms with Gasteiger partial charge in [0.1, 0.15) is 0 Å². The second-order valence-corrected chi connectivity index (χ2v) is 5.04. The maximum absolute atomic E-state index is 12.1. The minimum Gasteiger partial charge on any atom is -0.289 e. The molecule has 2 rings (SSSR count). The summed E-state index contributed by atoms with van der Waals surface area (Å²) in [5, 5.41) is -0.122. The summed E-state index contributed by atoms with van der Waals surface area (Å²) in [6, 6.07) is 8.78. The van der Waals surface area contributed by atoms with E-state index in [2.05, 4.69) is 9.98 Å². The van der Waals surface area contributed by atoms with Crippen LogP contribution in [0.3, 0.4) is 0 Å². The summed E-state index contributed by atoms with van der Waals surface area (Å²) in [5.74, 6) is -3.23. The Morgan fingerprint density at radius 3 is 2.48 bits per heavy atom. The third-order valence-electron chi connectivity index (χ3n) is 2.53. The van der Waals surface area contributed by atoms with Crippen molar-refractivity contribution in [2.24, 2.45) is 9.98 Å². The number of rotatable bonds is 3. The van der Waals surface area contributed by atoms with E-state index in [1.54, 1.807) is 30.3 Å². The van der Waals surface area contributed by atoms with E-state index in [9.17, 15) is 22.8 Å². The fourth-order valence-corrected chi connectivity index (χ4v) is 2.31. The van der Waals surface area contributed by atoms with E-state index < -0.39 is 23.6 Å². The van der Waals surface area contributed by atoms with Crippen molar-refractivity contribution < 1.29 is 22.8 Å². The Morgan fingerprint density at radius 2 is 1.86 bits per heavy atom. The molecule has 0 N–H and O–H groups in total. The predicted molar refractivity (Wildman–Crippen MR) is 73.6 cm³/mol. The van der Waals surface area contributed by atoms with Gasteiger partial charge in [-0.15, -0.1) is 0 Å². The summed E-state index contributed by atoms with van der Waals surface area (Å²) in [4.78, 5) is 29.9. The van der Waals surface area contributed by atoms with Crippen LogP contribution in [0.2, 0.25) is 0 Å². The van der Waals surface area contributed by atoms with E-state index in [0.29, 0.717) is 23.0 Å². The lowest BCUT2D eigenvalue weighted by atomic mass is 10.1. The number of hydrogen-bond acceptors (Lipinski definition) is 4. The SMILES string of the molecule is O=C1CC(c2ccccc2)=NC(SCC(=O)C(F)(F)F)=N1. The molecule has 110 valence electrons. The van der Waals surface area contributed by atoms with Crippen molar-refractivity contribution in [3.63, 3.8) is 0 Å². The lowest BCUT2D eigenvalue weighted by molar-refractivity contribution is -0.167. The number of carbonyl (C=O) groups is 2. The van der Waals surface area contributed by atoms with Crippen molar-refractivity contribution in [3.8, 4) is 0 Å². The minimum atomic E-state index is -4.89. The molecule has 0 aromatic heterocycles. The Kier molecular flexibility index (Phi) is 4.56. The second kappa shape index (κ2) is 6.21. The zero-order chi connectivity index (χ0) is 15.5. The first-order chi connectivity index (χ1) is 9.86. The molecule has 0 spiro atoms. The molecule has 1 amide bonds. The summed E-state index contributed by atoms with van der Waals surface area (Å²) < 4.78 is 36.3. The third kappa shape index (κ3) is 4.25. The molecular weight excluding hydrogens is 305 g/mol. The van der Waals surface area contributed by atoms with Crippen molar-refractivity contribution in [2.45, 2.75) is 12.6 Å². The summed E-state index contributed by atoms with van der Waals surface area (Å²) in [6.45, 7) is 0. The van der Waals surface area contributed by atoms with Gasteiger partial charge >= 0.3 is 6.18 Å². The van der Waals surface area contributed by atoms with Gasteiger partial charge in [-0.05, 0) is 5.56 Å². The lowest BCUT2D eigenvalue weighted by Crippen LogP contribution is -2.25. The number of aliphatic imine (C=N–C) groups is 2. The smallest absolute Gasteiger partial charge is 0.289 e. The quantitative estimate of drug-likeness (QED) is 0.862. The molecule has 21 heavy (non-hydrogen) atoms.